The van der Waals surface area contributed by atoms with Crippen LogP contribution >= 0.6 is 0 Å². The Morgan fingerprint density at radius 2 is 2.05 bits per heavy atom. The van der Waals surface area contributed by atoms with E-state index < -0.39 is 29.6 Å². The zero-order valence-corrected chi connectivity index (χ0v) is 10.7. The molecule has 0 aliphatic carbocycles. The zero-order valence-electron chi connectivity index (χ0n) is 10.7. The third kappa shape index (κ3) is 4.40. The van der Waals surface area contributed by atoms with Gasteiger partial charge in [-0.15, -0.1) is 0 Å². The largest absolute Gasteiger partial charge is 0.479 e. The molecule has 1 rings (SSSR count). The number of hydrogen-bond donors (Lipinski definition) is 1. The van der Waals surface area contributed by atoms with Crippen LogP contribution in [-0.2, 0) is 11.0 Å². The van der Waals surface area contributed by atoms with Gasteiger partial charge in [-0.1, -0.05) is 13.3 Å². The van der Waals surface area contributed by atoms with E-state index >= 15 is 0 Å². The number of ether oxygens (including phenoxy) is 1. The van der Waals surface area contributed by atoms with Crippen molar-refractivity contribution in [3.8, 4) is 5.75 Å². The maximum atomic E-state index is 13.1. The number of aliphatic carboxylic acids is 1. The number of benzene rings is 1. The molecule has 0 amide bonds. The number of hydrogen-bond acceptors (Lipinski definition) is 2. The maximum absolute atomic E-state index is 13.1. The van der Waals surface area contributed by atoms with Crippen molar-refractivity contribution in [3.05, 3.63) is 29.6 Å². The highest BCUT2D eigenvalue weighted by atomic mass is 19.4. The Balaban J connectivity index is 2.94. The molecule has 0 heterocycles. The average Bonchev–Trinajstić information content (AvgIpc) is 2.34. The summed E-state index contributed by atoms with van der Waals surface area (Å²) in [6.45, 7) is 1.85. The molecule has 0 aliphatic rings. The van der Waals surface area contributed by atoms with E-state index in [1.165, 1.54) is 0 Å². The van der Waals surface area contributed by atoms with Crippen LogP contribution in [0.1, 0.15) is 31.7 Å². The fourth-order valence-electron chi connectivity index (χ4n) is 1.58. The molecule has 112 valence electrons. The third-order valence-corrected chi connectivity index (χ3v) is 2.62. The summed E-state index contributed by atoms with van der Waals surface area (Å²) < 4.78 is 55.6. The zero-order chi connectivity index (χ0) is 15.3. The van der Waals surface area contributed by atoms with Crippen molar-refractivity contribution in [2.75, 3.05) is 0 Å². The van der Waals surface area contributed by atoms with Crippen LogP contribution in [-0.4, -0.2) is 17.2 Å². The lowest BCUT2D eigenvalue weighted by Crippen LogP contribution is -2.27. The maximum Gasteiger partial charge on any atom is 0.419 e. The molecule has 0 spiro atoms. The van der Waals surface area contributed by atoms with Crippen LogP contribution in [0.25, 0.3) is 0 Å². The Hall–Kier alpha value is -1.79. The molecular formula is C13H14F4O3. The molecule has 1 aromatic carbocycles. The fraction of sp³-hybridized carbons (Fsp3) is 0.462. The fourth-order valence-corrected chi connectivity index (χ4v) is 1.58. The predicted molar refractivity (Wildman–Crippen MR) is 63.0 cm³/mol. The van der Waals surface area contributed by atoms with Gasteiger partial charge in [-0.2, -0.15) is 13.2 Å². The summed E-state index contributed by atoms with van der Waals surface area (Å²) in [4.78, 5) is 10.9. The topological polar surface area (TPSA) is 46.5 Å². The van der Waals surface area contributed by atoms with Gasteiger partial charge in [-0.25, -0.2) is 9.18 Å². The molecule has 1 aromatic rings. The van der Waals surface area contributed by atoms with Crippen molar-refractivity contribution >= 4 is 5.97 Å². The van der Waals surface area contributed by atoms with E-state index in [2.05, 4.69) is 0 Å². The van der Waals surface area contributed by atoms with Gasteiger partial charge in [0.15, 0.2) is 6.10 Å². The van der Waals surface area contributed by atoms with E-state index in [0.29, 0.717) is 18.6 Å². The monoisotopic (exact) mass is 294 g/mol. The highest BCUT2D eigenvalue weighted by Crippen LogP contribution is 2.33. The summed E-state index contributed by atoms with van der Waals surface area (Å²) in [5, 5.41) is 8.92. The number of unbranched alkanes of at least 4 members (excludes halogenated alkanes) is 1. The van der Waals surface area contributed by atoms with E-state index in [0.717, 1.165) is 12.5 Å². The molecule has 0 bridgehead atoms. The van der Waals surface area contributed by atoms with Gasteiger partial charge in [-0.05, 0) is 31.0 Å². The molecular weight excluding hydrogens is 280 g/mol. The van der Waals surface area contributed by atoms with Crippen molar-refractivity contribution in [2.24, 2.45) is 0 Å². The summed E-state index contributed by atoms with van der Waals surface area (Å²) in [7, 11) is 0. The number of rotatable bonds is 6. The van der Waals surface area contributed by atoms with Gasteiger partial charge in [0.2, 0.25) is 0 Å². The number of carboxylic acid groups (broad SMARTS) is 1. The average molecular weight is 294 g/mol. The molecule has 0 radical (unpaired) electrons. The van der Waals surface area contributed by atoms with Crippen LogP contribution < -0.4 is 4.74 Å². The minimum Gasteiger partial charge on any atom is -0.479 e. The van der Waals surface area contributed by atoms with Gasteiger partial charge in [0.1, 0.15) is 11.6 Å². The standard InChI is InChI=1S/C13H14F4O3/c1-2-3-4-11(12(18)19)20-8-5-6-10(14)9(7-8)13(15,16)17/h5-7,11H,2-4H2,1H3,(H,18,19). The second-order valence-electron chi connectivity index (χ2n) is 4.23. The second-order valence-corrected chi connectivity index (χ2v) is 4.23. The van der Waals surface area contributed by atoms with Crippen LogP contribution in [0.4, 0.5) is 17.6 Å². The summed E-state index contributed by atoms with van der Waals surface area (Å²) in [6.07, 6.45) is -4.65. The summed E-state index contributed by atoms with van der Waals surface area (Å²) in [5.41, 5.74) is -1.48. The minimum absolute atomic E-state index is 0.171. The molecule has 0 saturated carbocycles. The first-order chi connectivity index (χ1) is 9.25. The van der Waals surface area contributed by atoms with Crippen molar-refractivity contribution in [3.63, 3.8) is 0 Å². The predicted octanol–water partition coefficient (Wildman–Crippen LogP) is 3.87. The molecule has 0 aromatic heterocycles. The molecule has 0 saturated heterocycles. The Bertz CT molecular complexity index is 471. The highest BCUT2D eigenvalue weighted by Gasteiger charge is 2.34. The summed E-state index contributed by atoms with van der Waals surface area (Å²) >= 11 is 0. The van der Waals surface area contributed by atoms with Crippen LogP contribution in [0.5, 0.6) is 5.75 Å². The Morgan fingerprint density at radius 1 is 1.40 bits per heavy atom. The van der Waals surface area contributed by atoms with Crippen molar-refractivity contribution in [2.45, 2.75) is 38.5 Å². The van der Waals surface area contributed by atoms with E-state index in [1.54, 1.807) is 0 Å². The highest BCUT2D eigenvalue weighted by molar-refractivity contribution is 5.72. The number of carbonyl (C=O) groups is 1. The molecule has 0 fully saturated rings. The Morgan fingerprint density at radius 3 is 2.55 bits per heavy atom. The lowest BCUT2D eigenvalue weighted by Gasteiger charge is -2.16. The summed E-state index contributed by atoms with van der Waals surface area (Å²) in [6, 6.07) is 2.06. The van der Waals surface area contributed by atoms with Gasteiger partial charge >= 0.3 is 12.1 Å². The van der Waals surface area contributed by atoms with Gasteiger partial charge in [-0.3, -0.25) is 0 Å². The number of alkyl halides is 3. The van der Waals surface area contributed by atoms with Crippen molar-refractivity contribution in [1.82, 2.24) is 0 Å². The Kier molecular flexibility index (Phi) is 5.35. The lowest BCUT2D eigenvalue weighted by molar-refractivity contribution is -0.145. The molecule has 1 atom stereocenters. The van der Waals surface area contributed by atoms with E-state index in [9.17, 15) is 22.4 Å². The smallest absolute Gasteiger partial charge is 0.419 e. The van der Waals surface area contributed by atoms with Crippen molar-refractivity contribution in [1.29, 1.82) is 0 Å². The van der Waals surface area contributed by atoms with Crippen LogP contribution in [0.2, 0.25) is 0 Å². The molecule has 1 N–H and O–H groups in total. The summed E-state index contributed by atoms with van der Waals surface area (Å²) in [5.74, 6) is -3.01. The molecule has 1 unspecified atom stereocenters. The first-order valence-electron chi connectivity index (χ1n) is 6.02. The van der Waals surface area contributed by atoms with E-state index in [-0.39, 0.29) is 12.2 Å². The number of halogens is 4. The van der Waals surface area contributed by atoms with Gasteiger partial charge < -0.3 is 9.84 Å². The van der Waals surface area contributed by atoms with E-state index in [4.69, 9.17) is 9.84 Å². The normalized spacial score (nSPS) is 13.1. The van der Waals surface area contributed by atoms with Gasteiger partial charge in [0.25, 0.3) is 0 Å². The van der Waals surface area contributed by atoms with Gasteiger partial charge in [0.05, 0.1) is 5.56 Å². The SMILES string of the molecule is CCCCC(Oc1ccc(F)c(C(F)(F)F)c1)C(=O)O. The quantitative estimate of drug-likeness (QED) is 0.810. The third-order valence-electron chi connectivity index (χ3n) is 2.62. The molecule has 20 heavy (non-hydrogen) atoms. The van der Waals surface area contributed by atoms with Crippen LogP contribution in [0, 0.1) is 5.82 Å². The molecule has 0 aliphatic heterocycles. The Labute approximate surface area is 113 Å². The first-order valence-corrected chi connectivity index (χ1v) is 6.02. The molecule has 7 heteroatoms. The minimum atomic E-state index is -4.86. The molecule has 3 nitrogen and oxygen atoms in total. The lowest BCUT2D eigenvalue weighted by atomic mass is 10.1. The number of carboxylic acids is 1. The van der Waals surface area contributed by atoms with Crippen LogP contribution in [0.3, 0.4) is 0 Å². The van der Waals surface area contributed by atoms with Gasteiger partial charge in [0, 0.05) is 0 Å². The second kappa shape index (κ2) is 6.58. The van der Waals surface area contributed by atoms with E-state index in [1.807, 2.05) is 6.92 Å². The van der Waals surface area contributed by atoms with Crippen molar-refractivity contribution < 1.29 is 32.2 Å². The first kappa shape index (κ1) is 16.3. The van der Waals surface area contributed by atoms with Crippen LogP contribution in [0.15, 0.2) is 18.2 Å².